The van der Waals surface area contributed by atoms with E-state index in [-0.39, 0.29) is 11.8 Å². The van der Waals surface area contributed by atoms with Gasteiger partial charge in [-0.15, -0.1) is 0 Å². The number of hydrogen-bond acceptors (Lipinski definition) is 4. The normalized spacial score (nSPS) is 28.9. The Morgan fingerprint density at radius 3 is 2.45 bits per heavy atom. The van der Waals surface area contributed by atoms with Crippen molar-refractivity contribution in [2.24, 2.45) is 11.8 Å². The van der Waals surface area contributed by atoms with Gasteiger partial charge in [0.05, 0.1) is 18.5 Å². The number of carbonyl (C=O) groups excluding carboxylic acids is 1. The summed E-state index contributed by atoms with van der Waals surface area (Å²) in [5, 5.41) is 9.04. The molecule has 0 saturated carbocycles. The van der Waals surface area contributed by atoms with Crippen LogP contribution in [0.15, 0.2) is 0 Å². The van der Waals surface area contributed by atoms with E-state index in [0.717, 1.165) is 32.5 Å². The Morgan fingerprint density at radius 2 is 1.95 bits per heavy atom. The number of nitrogens with zero attached hydrogens (tertiary/aromatic N) is 4. The highest BCUT2D eigenvalue weighted by molar-refractivity contribution is 5.78. The Bertz CT molecular complexity index is 382. The monoisotopic (exact) mass is 278 g/mol. The number of amides is 1. The van der Waals surface area contributed by atoms with Crippen molar-refractivity contribution in [3.63, 3.8) is 0 Å². The van der Waals surface area contributed by atoms with Crippen molar-refractivity contribution in [1.82, 2.24) is 14.7 Å². The first-order chi connectivity index (χ1) is 9.51. The molecule has 20 heavy (non-hydrogen) atoms. The highest BCUT2D eigenvalue weighted by Gasteiger charge is 2.33. The lowest BCUT2D eigenvalue weighted by atomic mass is 10.0. The maximum atomic E-state index is 12.3. The Kier molecular flexibility index (Phi) is 5.00. The summed E-state index contributed by atoms with van der Waals surface area (Å²) >= 11 is 0. The Hall–Kier alpha value is -1.12. The van der Waals surface area contributed by atoms with Crippen LogP contribution in [0, 0.1) is 23.2 Å². The minimum absolute atomic E-state index is 0.0124. The molecule has 2 saturated heterocycles. The van der Waals surface area contributed by atoms with Crippen LogP contribution in [0.25, 0.3) is 0 Å². The molecule has 0 radical (unpaired) electrons. The van der Waals surface area contributed by atoms with Crippen LogP contribution < -0.4 is 0 Å². The average molecular weight is 278 g/mol. The minimum Gasteiger partial charge on any atom is -0.340 e. The second kappa shape index (κ2) is 6.55. The first-order valence-electron chi connectivity index (χ1n) is 7.57. The Balaban J connectivity index is 1.78. The minimum atomic E-state index is 0.0124. The topological polar surface area (TPSA) is 50.6 Å². The van der Waals surface area contributed by atoms with Crippen LogP contribution in [0.5, 0.6) is 0 Å². The molecule has 0 spiro atoms. The van der Waals surface area contributed by atoms with Crippen LogP contribution in [0.3, 0.4) is 0 Å². The fraction of sp³-hybridized carbons (Fsp3) is 0.867. The van der Waals surface area contributed by atoms with Gasteiger partial charge in [-0.2, -0.15) is 5.26 Å². The van der Waals surface area contributed by atoms with E-state index in [1.165, 1.54) is 0 Å². The number of hydrogen-bond donors (Lipinski definition) is 0. The van der Waals surface area contributed by atoms with E-state index in [1.807, 2.05) is 4.90 Å². The van der Waals surface area contributed by atoms with Gasteiger partial charge in [-0.25, -0.2) is 0 Å². The van der Waals surface area contributed by atoms with Crippen molar-refractivity contribution >= 4 is 5.91 Å². The number of carbonyl (C=O) groups is 1. The molecule has 2 heterocycles. The SMILES string of the molecule is C[C@@H]1CN(C(=O)CN2CCC(N(C)C)CC2)CC1C#N. The third kappa shape index (κ3) is 3.50. The maximum Gasteiger partial charge on any atom is 0.236 e. The summed E-state index contributed by atoms with van der Waals surface area (Å²) in [4.78, 5) is 18.7. The predicted octanol–water partition coefficient (Wildman–Crippen LogP) is 0.630. The molecule has 2 fully saturated rings. The summed E-state index contributed by atoms with van der Waals surface area (Å²) in [6.07, 6.45) is 2.27. The van der Waals surface area contributed by atoms with Crippen molar-refractivity contribution in [3.05, 3.63) is 0 Å². The van der Waals surface area contributed by atoms with E-state index in [1.54, 1.807) is 0 Å². The predicted molar refractivity (Wildman–Crippen MR) is 78.0 cm³/mol. The van der Waals surface area contributed by atoms with E-state index in [9.17, 15) is 4.79 Å². The fourth-order valence-corrected chi connectivity index (χ4v) is 3.22. The third-order valence-corrected chi connectivity index (χ3v) is 4.78. The standard InChI is InChI=1S/C15H26N4O/c1-12-9-19(10-13(12)8-16)15(20)11-18-6-4-14(5-7-18)17(2)3/h12-14H,4-7,9-11H2,1-3H3/t12-,13?/m1/s1. The quantitative estimate of drug-likeness (QED) is 0.760. The lowest BCUT2D eigenvalue weighted by molar-refractivity contribution is -0.131. The molecular weight excluding hydrogens is 252 g/mol. The smallest absolute Gasteiger partial charge is 0.236 e. The molecule has 1 amide bonds. The van der Waals surface area contributed by atoms with Crippen LogP contribution in [-0.4, -0.2) is 73.5 Å². The molecule has 0 aromatic heterocycles. The molecule has 2 atom stereocenters. The maximum absolute atomic E-state index is 12.3. The highest BCUT2D eigenvalue weighted by atomic mass is 16.2. The molecule has 0 aromatic carbocycles. The molecular formula is C15H26N4O. The summed E-state index contributed by atoms with van der Waals surface area (Å²) in [6.45, 7) is 5.93. The summed E-state index contributed by atoms with van der Waals surface area (Å²) in [7, 11) is 4.25. The molecule has 0 N–H and O–H groups in total. The zero-order valence-electron chi connectivity index (χ0n) is 12.9. The molecule has 5 heteroatoms. The van der Waals surface area contributed by atoms with Gasteiger partial charge in [0.2, 0.25) is 5.91 Å². The largest absolute Gasteiger partial charge is 0.340 e. The van der Waals surface area contributed by atoms with Gasteiger partial charge in [-0.05, 0) is 32.9 Å². The van der Waals surface area contributed by atoms with Gasteiger partial charge in [0.15, 0.2) is 0 Å². The van der Waals surface area contributed by atoms with Gasteiger partial charge >= 0.3 is 0 Å². The van der Waals surface area contributed by atoms with Gasteiger partial charge in [0.25, 0.3) is 0 Å². The number of piperidine rings is 1. The molecule has 2 rings (SSSR count). The summed E-state index contributed by atoms with van der Waals surface area (Å²) in [5.41, 5.74) is 0. The molecule has 5 nitrogen and oxygen atoms in total. The Morgan fingerprint density at radius 1 is 1.30 bits per heavy atom. The Labute approximate surface area is 122 Å². The molecule has 0 aromatic rings. The fourth-order valence-electron chi connectivity index (χ4n) is 3.22. The second-order valence-electron chi connectivity index (χ2n) is 6.48. The van der Waals surface area contributed by atoms with Crippen molar-refractivity contribution in [3.8, 4) is 6.07 Å². The molecule has 112 valence electrons. The van der Waals surface area contributed by atoms with Gasteiger partial charge in [0.1, 0.15) is 0 Å². The first-order valence-corrected chi connectivity index (χ1v) is 7.57. The zero-order chi connectivity index (χ0) is 14.7. The summed E-state index contributed by atoms with van der Waals surface area (Å²) < 4.78 is 0. The average Bonchev–Trinajstić information content (AvgIpc) is 2.80. The summed E-state index contributed by atoms with van der Waals surface area (Å²) in [5.74, 6) is 0.514. The van der Waals surface area contributed by atoms with E-state index in [2.05, 4.69) is 36.9 Å². The van der Waals surface area contributed by atoms with Crippen molar-refractivity contribution in [2.75, 3.05) is 46.8 Å². The number of likely N-dealkylation sites (tertiary alicyclic amines) is 2. The van der Waals surface area contributed by atoms with Crippen LogP contribution >= 0.6 is 0 Å². The van der Waals surface area contributed by atoms with Crippen LogP contribution in [0.4, 0.5) is 0 Å². The first kappa shape index (κ1) is 15.3. The zero-order valence-corrected chi connectivity index (χ0v) is 12.9. The van der Waals surface area contributed by atoms with Gasteiger partial charge in [0, 0.05) is 32.2 Å². The number of rotatable bonds is 3. The van der Waals surface area contributed by atoms with Crippen LogP contribution in [0.1, 0.15) is 19.8 Å². The van der Waals surface area contributed by atoms with Crippen LogP contribution in [-0.2, 0) is 4.79 Å². The second-order valence-corrected chi connectivity index (χ2v) is 6.48. The number of nitriles is 1. The van der Waals surface area contributed by atoms with E-state index in [4.69, 9.17) is 5.26 Å². The molecule has 0 bridgehead atoms. The third-order valence-electron chi connectivity index (χ3n) is 4.78. The lowest BCUT2D eigenvalue weighted by Crippen LogP contribution is -2.46. The molecule has 0 aliphatic carbocycles. The molecule has 2 aliphatic rings. The summed E-state index contributed by atoms with van der Waals surface area (Å²) in [6, 6.07) is 2.96. The van der Waals surface area contributed by atoms with Crippen molar-refractivity contribution < 1.29 is 4.79 Å². The highest BCUT2D eigenvalue weighted by Crippen LogP contribution is 2.22. The van der Waals surface area contributed by atoms with E-state index in [0.29, 0.717) is 25.0 Å². The molecule has 2 aliphatic heterocycles. The van der Waals surface area contributed by atoms with Crippen molar-refractivity contribution in [2.45, 2.75) is 25.8 Å². The van der Waals surface area contributed by atoms with Gasteiger partial charge in [-0.1, -0.05) is 6.92 Å². The van der Waals surface area contributed by atoms with Crippen molar-refractivity contribution in [1.29, 1.82) is 5.26 Å². The van der Waals surface area contributed by atoms with E-state index >= 15 is 0 Å². The van der Waals surface area contributed by atoms with E-state index < -0.39 is 0 Å². The van der Waals surface area contributed by atoms with Gasteiger partial charge < -0.3 is 9.80 Å². The van der Waals surface area contributed by atoms with Crippen LogP contribution in [0.2, 0.25) is 0 Å². The molecule has 1 unspecified atom stereocenters. The van der Waals surface area contributed by atoms with Gasteiger partial charge in [-0.3, -0.25) is 9.69 Å². The lowest BCUT2D eigenvalue weighted by Gasteiger charge is -2.35.